The number of morpholine rings is 2. The van der Waals surface area contributed by atoms with Gasteiger partial charge in [-0.15, -0.1) is 32.1 Å². The van der Waals surface area contributed by atoms with Gasteiger partial charge in [0.2, 0.25) is 0 Å². The van der Waals surface area contributed by atoms with Crippen molar-refractivity contribution in [2.24, 2.45) is 5.92 Å². The molecule has 42 heteroatoms. The van der Waals surface area contributed by atoms with E-state index < -0.39 is 23.6 Å². The van der Waals surface area contributed by atoms with Crippen LogP contribution in [0.4, 0.5) is 91.0 Å². The van der Waals surface area contributed by atoms with Gasteiger partial charge < -0.3 is 108 Å². The second-order valence-electron chi connectivity index (χ2n) is 32.6. The molecule has 2 aliphatic carbocycles. The minimum Gasteiger partial charge on any atom is -0.465 e. The third-order valence-corrected chi connectivity index (χ3v) is 22.5. The maximum atomic E-state index is 14.9. The van der Waals surface area contributed by atoms with Gasteiger partial charge in [0.05, 0.1) is 155 Å². The van der Waals surface area contributed by atoms with Crippen LogP contribution in [0, 0.1) is 67.6 Å². The van der Waals surface area contributed by atoms with Gasteiger partial charge in [-0.1, -0.05) is 38.5 Å². The molecule has 736 valence electrons. The molecule has 5 fully saturated rings. The Bertz CT molecular complexity index is 5950. The van der Waals surface area contributed by atoms with Crippen molar-refractivity contribution in [1.29, 1.82) is 0 Å². The van der Waals surface area contributed by atoms with Crippen molar-refractivity contribution < 1.29 is 56.8 Å². The third-order valence-electron chi connectivity index (χ3n) is 22.5. The van der Waals surface area contributed by atoms with E-state index in [9.17, 15) is 28.4 Å². The predicted molar refractivity (Wildman–Crippen MR) is 535 cm³/mol. The molecule has 41 nitrogen and oxygen atoms in total. The first-order valence-electron chi connectivity index (χ1n) is 46.0. The molecule has 10 aromatic rings. The fourth-order valence-electron chi connectivity index (χ4n) is 14.9. The summed E-state index contributed by atoms with van der Waals surface area (Å²) < 4.78 is 45.8. The van der Waals surface area contributed by atoms with Crippen LogP contribution >= 0.6 is 0 Å². The lowest BCUT2D eigenvalue weighted by atomic mass is 9.86. The van der Waals surface area contributed by atoms with E-state index in [0.29, 0.717) is 197 Å². The van der Waals surface area contributed by atoms with Gasteiger partial charge in [-0.2, -0.15) is 0 Å². The number of pyridine rings is 5. The summed E-state index contributed by atoms with van der Waals surface area (Å²) in [7, 11) is 7.68. The van der Waals surface area contributed by atoms with Gasteiger partial charge >= 0.3 is 17.9 Å². The maximum Gasteiger partial charge on any atom is 0.341 e. The van der Waals surface area contributed by atoms with Crippen molar-refractivity contribution in [3.05, 3.63) is 180 Å². The van der Waals surface area contributed by atoms with Gasteiger partial charge in [0, 0.05) is 140 Å². The average Bonchev–Trinajstić information content (AvgIpc) is 0.809. The molecule has 5 aliphatic rings. The summed E-state index contributed by atoms with van der Waals surface area (Å²) >= 11 is 0. The molecule has 10 aromatic heterocycles. The maximum absolute atomic E-state index is 14.9. The van der Waals surface area contributed by atoms with Crippen LogP contribution in [0.25, 0.3) is 0 Å². The fourth-order valence-corrected chi connectivity index (χ4v) is 14.9. The Kier molecular flexibility index (Phi) is 41.9. The van der Waals surface area contributed by atoms with E-state index in [1.165, 1.54) is 122 Å². The number of carbonyl (C=O) groups is 5. The first kappa shape index (κ1) is 105. The van der Waals surface area contributed by atoms with Crippen LogP contribution < -0.4 is 74.4 Å². The molecule has 3 saturated heterocycles. The van der Waals surface area contributed by atoms with Crippen molar-refractivity contribution in [3.63, 3.8) is 0 Å². The zero-order chi connectivity index (χ0) is 99.9. The molecule has 0 aromatic carbocycles. The Morgan fingerprint density at radius 2 is 0.787 bits per heavy atom. The number of methoxy groups -OCH3 is 4. The average molecular weight is 1920 g/mol. The number of anilines is 15. The minimum atomic E-state index is -1.28. The number of likely N-dealkylation sites (tertiary alicyclic amines) is 1. The number of ether oxygens (including phenoxy) is 6. The first-order valence-corrected chi connectivity index (χ1v) is 46.0. The summed E-state index contributed by atoms with van der Waals surface area (Å²) in [6.07, 6.45) is 62.1. The van der Waals surface area contributed by atoms with Crippen molar-refractivity contribution >= 4 is 116 Å². The molecule has 2 saturated carbocycles. The van der Waals surface area contributed by atoms with E-state index in [-0.39, 0.29) is 36.1 Å². The molecule has 14 N–H and O–H groups in total. The number of nitrogens with zero attached hydrogens (tertiary/aromatic N) is 16. The lowest BCUT2D eigenvalue weighted by molar-refractivity contribution is 0.0258. The molecule has 141 heavy (non-hydrogen) atoms. The molecular weight excluding hydrogens is 1800 g/mol. The second kappa shape index (κ2) is 56.0. The van der Waals surface area contributed by atoms with Crippen LogP contribution in [-0.2, 0) is 28.4 Å². The molecule has 3 aliphatic heterocycles. The van der Waals surface area contributed by atoms with Crippen LogP contribution in [0.15, 0.2) is 123 Å². The van der Waals surface area contributed by atoms with E-state index in [4.69, 9.17) is 60.5 Å². The molecule has 2 atom stereocenters. The molecule has 1 unspecified atom stereocenters. The molecule has 2 amide bonds. The highest BCUT2D eigenvalue weighted by Crippen LogP contribution is 2.35. The summed E-state index contributed by atoms with van der Waals surface area (Å²) in [5.41, 5.74) is 6.05. The Labute approximate surface area is 818 Å². The third kappa shape index (κ3) is 34.0. The molecular formula is C99H117FN30O11. The monoisotopic (exact) mass is 1920 g/mol. The fraction of sp³-hybridized carbons (Fsp3) is 0.394. The number of halogens is 1. The van der Waals surface area contributed by atoms with Crippen LogP contribution in [0.2, 0.25) is 0 Å². The lowest BCUT2D eigenvalue weighted by Gasteiger charge is -2.30. The number of alkyl halides is 1. The van der Waals surface area contributed by atoms with E-state index in [1.807, 2.05) is 19.1 Å². The minimum absolute atomic E-state index is 0.0102. The molecule has 13 heterocycles. The van der Waals surface area contributed by atoms with Crippen LogP contribution in [-0.4, -0.2) is 267 Å². The Hall–Kier alpha value is -16.0. The van der Waals surface area contributed by atoms with Crippen LogP contribution in [0.3, 0.4) is 0 Å². The summed E-state index contributed by atoms with van der Waals surface area (Å²) in [6.45, 7) is 12.2. The zero-order valence-electron chi connectivity index (χ0n) is 79.6. The van der Waals surface area contributed by atoms with Gasteiger partial charge in [-0.3, -0.25) is 9.59 Å². The number of hydrogen-bond acceptors (Lipinski definition) is 39. The normalized spacial score (nSPS) is 15.3. The SMILES string of the molecule is C#Cc1cnc(Nc2cc(NC3CCN(C)CC3)c(C(=O)NCC)cn2)cn1.C#Cc1cnc(Nc2cc(NCC3(F)CCCCC3)c(C(=O)OC)cn2)cn1.C#Cc1cnc(Nc2cc(NCC3CCCCC3)c(C(=O)NCCOC)cn2)cn1.C#Cc1cnc(Nc2cc(NCC3CNCCO3)c(C(=O)OC)cn2)cn1.C#Cc1cnc(Nc2cc(NCC[C@H]3CNCCO3)c(C(=O)OC)cn2)cn1. The smallest absolute Gasteiger partial charge is 0.341 e. The zero-order valence-corrected chi connectivity index (χ0v) is 79.6. The molecule has 0 radical (unpaired) electrons. The number of carbonyl (C=O) groups excluding carboxylic acids is 5. The van der Waals surface area contributed by atoms with Gasteiger partial charge in [0.1, 0.15) is 109 Å². The van der Waals surface area contributed by atoms with Crippen molar-refractivity contribution in [3.8, 4) is 61.7 Å². The number of amides is 2. The van der Waals surface area contributed by atoms with E-state index >= 15 is 0 Å². The van der Waals surface area contributed by atoms with Gasteiger partial charge in [-0.25, -0.2) is 93.5 Å². The Morgan fingerprint density at radius 1 is 0.426 bits per heavy atom. The summed E-state index contributed by atoms with van der Waals surface area (Å²) in [4.78, 5) is 126. The number of hydrogen-bond donors (Lipinski definition) is 14. The van der Waals surface area contributed by atoms with Crippen LogP contribution in [0.5, 0.6) is 0 Å². The highest BCUT2D eigenvalue weighted by atomic mass is 19.1. The summed E-state index contributed by atoms with van der Waals surface area (Å²) in [5, 5.41) is 44.1. The van der Waals surface area contributed by atoms with E-state index in [1.54, 1.807) is 50.1 Å². The number of rotatable bonds is 34. The van der Waals surface area contributed by atoms with Crippen molar-refractivity contribution in [2.75, 3.05) is 187 Å². The van der Waals surface area contributed by atoms with Crippen LogP contribution in [0.1, 0.15) is 171 Å². The quantitative estimate of drug-likeness (QED) is 0.00771. The number of piperidine rings is 1. The standard InChI is InChI=1S/C22H28N6O2.C20H22FN5O2.C20H25N7O.C19H22N6O3.C18H20N6O3/c1-3-17-13-26-21(15-24-17)28-20-11-19(25-12-16-7-5-4-6-8-16)18(14-27-20)22(29)23-9-10-30-2;1-3-14-10-23-18(12-22-14)26-17-9-16(15(11-24-17)19(27)28-2)25-13-20(21)7-5-4-6-8-20;1-4-14-11-23-19(13-22-14)26-18-10-17(16(12-24-18)20(28)21-5-2)25-15-6-8-27(3)9-7-15;1-3-13-9-23-18(12-22-13)25-17-8-16(15(11-24-17)19(26)27-2)21-5-4-14-10-20-6-7-28-14;1-3-12-7-22-17(11-20-12)24-16-6-15(14(10-23-16)18(25)26-2)21-9-13-8-19-4-5-27-13/h1,11,13-16H,4-10,12H2,2H3,(H,23,29)(H2,25,26,27,28);1,9-12H,4-8,13H2,2H3,(H2,23,24,25,26);1,10-13,15H,5-9H2,2-3H3,(H,21,28)(H2,23,24,25,26);1,8-9,11-12,14,20H,4-7,10H2,2H3,(H2,21,23,24,25);1,6-7,10-11,13,19H,4-5,8-9H2,2H3,(H2,21,22,23,24)/t;;;14-;/m...0./s1. The lowest BCUT2D eigenvalue weighted by Crippen LogP contribution is -2.42. The predicted octanol–water partition coefficient (Wildman–Crippen LogP) is 10.2. The van der Waals surface area contributed by atoms with E-state index in [2.05, 4.69) is 191 Å². The largest absolute Gasteiger partial charge is 0.465 e. The Morgan fingerprint density at radius 3 is 1.17 bits per heavy atom. The van der Waals surface area contributed by atoms with Gasteiger partial charge in [0.15, 0.2) is 0 Å². The number of aromatic nitrogens is 15. The number of nitrogens with one attached hydrogen (secondary N) is 14. The summed E-state index contributed by atoms with van der Waals surface area (Å²) in [5.74, 6) is 15.9. The molecule has 0 spiro atoms. The highest BCUT2D eigenvalue weighted by molar-refractivity contribution is 6.01. The number of terminal acetylenes is 5. The van der Waals surface area contributed by atoms with E-state index in [0.717, 1.165) is 95.7 Å². The Balaban J connectivity index is 0.000000169. The first-order chi connectivity index (χ1) is 68.7. The molecule has 0 bridgehead atoms. The van der Waals surface area contributed by atoms with Crippen molar-refractivity contribution in [1.82, 2.24) is 101 Å². The topological polar surface area (TPSA) is 506 Å². The van der Waals surface area contributed by atoms with Gasteiger partial charge in [-0.05, 0) is 108 Å². The summed E-state index contributed by atoms with van der Waals surface area (Å²) in [6, 6.07) is 9.02. The van der Waals surface area contributed by atoms with Crippen molar-refractivity contribution in [2.45, 2.75) is 114 Å². The second-order valence-corrected chi connectivity index (χ2v) is 32.6. The molecule has 15 rings (SSSR count). The highest BCUT2D eigenvalue weighted by Gasteiger charge is 2.33. The number of esters is 3. The van der Waals surface area contributed by atoms with Gasteiger partial charge in [0.25, 0.3) is 11.8 Å².